The van der Waals surface area contributed by atoms with Crippen LogP contribution in [0.25, 0.3) is 16.8 Å². The number of fused-ring (bicyclic) bond motifs is 1. The molecule has 1 unspecified atom stereocenters. The van der Waals surface area contributed by atoms with Crippen molar-refractivity contribution in [1.29, 1.82) is 0 Å². The van der Waals surface area contributed by atoms with Crippen LogP contribution >= 0.6 is 0 Å². The fourth-order valence-electron chi connectivity index (χ4n) is 2.97. The van der Waals surface area contributed by atoms with Gasteiger partial charge in [-0.1, -0.05) is 64.6 Å². The molecule has 24 heavy (non-hydrogen) atoms. The van der Waals surface area contributed by atoms with E-state index in [0.717, 1.165) is 28.3 Å². The number of rotatable bonds is 4. The third-order valence-electron chi connectivity index (χ3n) is 5.52. The number of hydrogen-bond acceptors (Lipinski definition) is 2. The van der Waals surface area contributed by atoms with Crippen LogP contribution in [0, 0.1) is 17.8 Å². The zero-order valence-electron chi connectivity index (χ0n) is 15.7. The first kappa shape index (κ1) is 18.3. The molecule has 2 heteroatoms. The molecule has 128 valence electrons. The fourth-order valence-corrected chi connectivity index (χ4v) is 2.97. The second kappa shape index (κ2) is 6.43. The Bertz CT molecular complexity index is 780. The first-order valence-electron chi connectivity index (χ1n) is 8.52. The molecule has 1 atom stereocenters. The van der Waals surface area contributed by atoms with Crippen molar-refractivity contribution in [2.24, 2.45) is 10.8 Å². The third-order valence-corrected chi connectivity index (χ3v) is 5.52. The van der Waals surface area contributed by atoms with Crippen molar-refractivity contribution in [1.82, 2.24) is 0 Å². The standard InChI is InChI=1S/C22H28O2/c1-8-16-14-17-12-10-11-13-18(17)19(15(16)3)24-20(23)22(7,9-2)21(4,5)6/h8,10-14H,1,9H2,2-7H3. The SMILES string of the molecule is C=Cc1cc2ccccc2c(OC(=O)C(C)(CC)C(C)(C)C)c1C. The first-order chi connectivity index (χ1) is 11.2. The molecular weight excluding hydrogens is 296 g/mol. The summed E-state index contributed by atoms with van der Waals surface area (Å²) in [4.78, 5) is 13.1. The summed E-state index contributed by atoms with van der Waals surface area (Å²) in [5.74, 6) is 0.476. The molecular formula is C22H28O2. The molecule has 2 rings (SSSR count). The summed E-state index contributed by atoms with van der Waals surface area (Å²) in [6, 6.07) is 10.1. The monoisotopic (exact) mass is 324 g/mol. The van der Waals surface area contributed by atoms with Crippen LogP contribution in [-0.4, -0.2) is 5.97 Å². The van der Waals surface area contributed by atoms with Crippen LogP contribution < -0.4 is 4.74 Å². The van der Waals surface area contributed by atoms with E-state index in [0.29, 0.717) is 5.75 Å². The van der Waals surface area contributed by atoms with E-state index in [-0.39, 0.29) is 11.4 Å². The molecule has 0 aliphatic heterocycles. The van der Waals surface area contributed by atoms with Crippen molar-refractivity contribution in [3.8, 4) is 5.75 Å². The molecule has 0 aliphatic carbocycles. The van der Waals surface area contributed by atoms with E-state index in [1.54, 1.807) is 0 Å². The van der Waals surface area contributed by atoms with E-state index >= 15 is 0 Å². The van der Waals surface area contributed by atoms with Gasteiger partial charge in [0.25, 0.3) is 0 Å². The highest BCUT2D eigenvalue weighted by molar-refractivity contribution is 5.94. The highest BCUT2D eigenvalue weighted by Gasteiger charge is 2.44. The van der Waals surface area contributed by atoms with Gasteiger partial charge in [-0.05, 0) is 48.3 Å². The lowest BCUT2D eigenvalue weighted by Crippen LogP contribution is -2.42. The van der Waals surface area contributed by atoms with Crippen LogP contribution in [0.15, 0.2) is 36.9 Å². The minimum absolute atomic E-state index is 0.174. The Labute approximate surface area is 145 Å². The van der Waals surface area contributed by atoms with Gasteiger partial charge in [-0.2, -0.15) is 0 Å². The van der Waals surface area contributed by atoms with Crippen LogP contribution in [0.3, 0.4) is 0 Å². The molecule has 0 spiro atoms. The van der Waals surface area contributed by atoms with Gasteiger partial charge in [0.15, 0.2) is 0 Å². The number of hydrogen-bond donors (Lipinski definition) is 0. The smallest absolute Gasteiger partial charge is 0.317 e. The van der Waals surface area contributed by atoms with E-state index in [2.05, 4.69) is 33.4 Å². The lowest BCUT2D eigenvalue weighted by Gasteiger charge is -2.39. The average molecular weight is 324 g/mol. The Kier molecular flexibility index (Phi) is 4.89. The Morgan fingerprint density at radius 3 is 2.38 bits per heavy atom. The van der Waals surface area contributed by atoms with Gasteiger partial charge < -0.3 is 4.74 Å². The predicted octanol–water partition coefficient (Wildman–Crippen LogP) is 6.16. The summed E-state index contributed by atoms with van der Waals surface area (Å²) >= 11 is 0. The summed E-state index contributed by atoms with van der Waals surface area (Å²) in [6.45, 7) is 16.1. The van der Waals surface area contributed by atoms with Gasteiger partial charge >= 0.3 is 5.97 Å². The Morgan fingerprint density at radius 2 is 1.83 bits per heavy atom. The summed E-state index contributed by atoms with van der Waals surface area (Å²) in [5.41, 5.74) is 1.21. The maximum atomic E-state index is 13.1. The zero-order chi connectivity index (χ0) is 18.1. The summed E-state index contributed by atoms with van der Waals surface area (Å²) in [5, 5.41) is 2.01. The molecule has 0 amide bonds. The minimum Gasteiger partial charge on any atom is -0.425 e. The Balaban J connectivity index is 2.59. The molecule has 0 aromatic heterocycles. The van der Waals surface area contributed by atoms with Crippen molar-refractivity contribution in [2.45, 2.75) is 48.0 Å². The molecule has 0 aliphatic rings. The maximum Gasteiger partial charge on any atom is 0.317 e. The first-order valence-corrected chi connectivity index (χ1v) is 8.52. The molecule has 0 saturated heterocycles. The largest absolute Gasteiger partial charge is 0.425 e. The van der Waals surface area contributed by atoms with Crippen LogP contribution in [0.5, 0.6) is 5.75 Å². The lowest BCUT2D eigenvalue weighted by molar-refractivity contribution is -0.151. The van der Waals surface area contributed by atoms with Crippen molar-refractivity contribution in [3.63, 3.8) is 0 Å². The Hall–Kier alpha value is -2.09. The van der Waals surface area contributed by atoms with Crippen LogP contribution in [0.4, 0.5) is 0 Å². The summed E-state index contributed by atoms with van der Waals surface area (Å²) in [6.07, 6.45) is 2.54. The van der Waals surface area contributed by atoms with E-state index in [1.807, 2.05) is 51.1 Å². The average Bonchev–Trinajstić information content (AvgIpc) is 2.54. The van der Waals surface area contributed by atoms with Gasteiger partial charge in [-0.15, -0.1) is 0 Å². The predicted molar refractivity (Wildman–Crippen MR) is 102 cm³/mol. The topological polar surface area (TPSA) is 26.3 Å². The van der Waals surface area contributed by atoms with Gasteiger partial charge in [-0.25, -0.2) is 0 Å². The molecule has 0 heterocycles. The van der Waals surface area contributed by atoms with Crippen LogP contribution in [0.1, 0.15) is 52.2 Å². The number of ether oxygens (including phenoxy) is 1. The number of esters is 1. The number of carbonyl (C=O) groups is 1. The molecule has 0 fully saturated rings. The maximum absolute atomic E-state index is 13.1. The molecule has 2 nitrogen and oxygen atoms in total. The number of carbonyl (C=O) groups excluding carboxylic acids is 1. The Morgan fingerprint density at radius 1 is 1.21 bits per heavy atom. The highest BCUT2D eigenvalue weighted by Crippen LogP contribution is 2.43. The van der Waals surface area contributed by atoms with E-state index in [9.17, 15) is 4.79 Å². The van der Waals surface area contributed by atoms with E-state index in [4.69, 9.17) is 4.74 Å². The van der Waals surface area contributed by atoms with E-state index < -0.39 is 5.41 Å². The molecule has 2 aromatic carbocycles. The minimum atomic E-state index is -0.551. The van der Waals surface area contributed by atoms with Crippen LogP contribution in [-0.2, 0) is 4.79 Å². The van der Waals surface area contributed by atoms with Crippen molar-refractivity contribution < 1.29 is 9.53 Å². The van der Waals surface area contributed by atoms with E-state index in [1.165, 1.54) is 0 Å². The van der Waals surface area contributed by atoms with Crippen molar-refractivity contribution in [3.05, 3.63) is 48.0 Å². The van der Waals surface area contributed by atoms with Gasteiger partial charge in [0.05, 0.1) is 5.41 Å². The van der Waals surface area contributed by atoms with Gasteiger partial charge in [-0.3, -0.25) is 4.79 Å². The summed E-state index contributed by atoms with van der Waals surface area (Å²) in [7, 11) is 0. The van der Waals surface area contributed by atoms with Gasteiger partial charge in [0.1, 0.15) is 5.75 Å². The second-order valence-corrected chi connectivity index (χ2v) is 7.67. The lowest BCUT2D eigenvalue weighted by atomic mass is 9.66. The molecule has 0 N–H and O–H groups in total. The highest BCUT2D eigenvalue weighted by atomic mass is 16.5. The number of benzene rings is 2. The quantitative estimate of drug-likeness (QED) is 0.497. The third kappa shape index (κ3) is 2.98. The zero-order valence-corrected chi connectivity index (χ0v) is 15.7. The van der Waals surface area contributed by atoms with Crippen molar-refractivity contribution in [2.75, 3.05) is 0 Å². The van der Waals surface area contributed by atoms with Crippen LogP contribution in [0.2, 0.25) is 0 Å². The normalized spacial score (nSPS) is 14.2. The summed E-state index contributed by atoms with van der Waals surface area (Å²) < 4.78 is 6.00. The van der Waals surface area contributed by atoms with Gasteiger partial charge in [0.2, 0.25) is 0 Å². The molecule has 0 saturated carbocycles. The molecule has 0 radical (unpaired) electrons. The van der Waals surface area contributed by atoms with Gasteiger partial charge in [0, 0.05) is 5.39 Å². The fraction of sp³-hybridized carbons (Fsp3) is 0.409. The molecule has 2 aromatic rings. The molecule has 0 bridgehead atoms. The second-order valence-electron chi connectivity index (χ2n) is 7.67. The van der Waals surface area contributed by atoms with Crippen molar-refractivity contribution >= 4 is 22.8 Å².